The Labute approximate surface area is 148 Å². The van der Waals surface area contributed by atoms with Gasteiger partial charge in [0.1, 0.15) is 4.21 Å². The van der Waals surface area contributed by atoms with Gasteiger partial charge >= 0.3 is 0 Å². The van der Waals surface area contributed by atoms with Crippen molar-refractivity contribution in [2.24, 2.45) is 0 Å². The zero-order valence-electron chi connectivity index (χ0n) is 12.4. The normalized spacial score (nSPS) is 14.7. The summed E-state index contributed by atoms with van der Waals surface area (Å²) in [6, 6.07) is 9.80. The van der Waals surface area contributed by atoms with Crippen molar-refractivity contribution >= 4 is 38.6 Å². The molecule has 124 valence electrons. The van der Waals surface area contributed by atoms with E-state index in [1.807, 2.05) is 0 Å². The maximum absolute atomic E-state index is 12.5. The summed E-state index contributed by atoms with van der Waals surface area (Å²) in [4.78, 5) is 5.01. The summed E-state index contributed by atoms with van der Waals surface area (Å²) in [5.41, 5.74) is 0.463. The third-order valence-corrected chi connectivity index (χ3v) is 6.86. The molecule has 0 amide bonds. The monoisotopic (exact) mass is 380 g/mol. The molecule has 2 aromatic heterocycles. The molecule has 1 aliphatic rings. The van der Waals surface area contributed by atoms with E-state index in [4.69, 9.17) is 16.0 Å². The van der Waals surface area contributed by atoms with E-state index < -0.39 is 10.0 Å². The van der Waals surface area contributed by atoms with Gasteiger partial charge in [0.25, 0.3) is 10.0 Å². The SMILES string of the molecule is O=S(=O)(Nc1ccc(Cl)cc1)c1ccc(-c2cnc(C3CC3)o2)s1. The molecule has 8 heteroatoms. The van der Waals surface area contributed by atoms with Gasteiger partial charge in [0, 0.05) is 16.6 Å². The van der Waals surface area contributed by atoms with E-state index in [-0.39, 0.29) is 4.21 Å². The minimum atomic E-state index is -3.65. The number of hydrogen-bond donors (Lipinski definition) is 1. The van der Waals surface area contributed by atoms with Crippen molar-refractivity contribution in [3.05, 3.63) is 53.5 Å². The lowest BCUT2D eigenvalue weighted by Crippen LogP contribution is -2.11. The second-order valence-corrected chi connectivity index (χ2v) is 9.00. The number of hydrogen-bond acceptors (Lipinski definition) is 5. The van der Waals surface area contributed by atoms with Crippen LogP contribution in [0.4, 0.5) is 5.69 Å². The van der Waals surface area contributed by atoms with E-state index in [1.54, 1.807) is 42.6 Å². The lowest BCUT2D eigenvalue weighted by atomic mass is 10.3. The Morgan fingerprint density at radius 1 is 1.17 bits per heavy atom. The number of thiophene rings is 1. The molecule has 0 aliphatic heterocycles. The quantitative estimate of drug-likeness (QED) is 0.694. The van der Waals surface area contributed by atoms with Crippen LogP contribution in [0, 0.1) is 0 Å². The topological polar surface area (TPSA) is 72.2 Å². The van der Waals surface area contributed by atoms with Crippen LogP contribution in [-0.4, -0.2) is 13.4 Å². The average Bonchev–Trinajstić information content (AvgIpc) is 3.09. The fourth-order valence-corrected chi connectivity index (χ4v) is 4.68. The van der Waals surface area contributed by atoms with E-state index in [1.165, 1.54) is 0 Å². The van der Waals surface area contributed by atoms with Crippen LogP contribution in [0.5, 0.6) is 0 Å². The minimum absolute atomic E-state index is 0.219. The zero-order valence-corrected chi connectivity index (χ0v) is 14.8. The number of nitrogens with zero attached hydrogens (tertiary/aromatic N) is 1. The predicted molar refractivity (Wildman–Crippen MR) is 94.1 cm³/mol. The van der Waals surface area contributed by atoms with Crippen LogP contribution < -0.4 is 4.72 Å². The highest BCUT2D eigenvalue weighted by Crippen LogP contribution is 2.41. The van der Waals surface area contributed by atoms with Crippen LogP contribution in [-0.2, 0) is 10.0 Å². The zero-order chi connectivity index (χ0) is 16.7. The fourth-order valence-electron chi connectivity index (χ4n) is 2.24. The molecule has 4 rings (SSSR count). The van der Waals surface area contributed by atoms with Crippen molar-refractivity contribution in [3.63, 3.8) is 0 Å². The summed E-state index contributed by atoms with van der Waals surface area (Å²) >= 11 is 6.96. The fraction of sp³-hybridized carbons (Fsp3) is 0.188. The molecular formula is C16H13ClN2O3S2. The van der Waals surface area contributed by atoms with Crippen LogP contribution in [0.15, 0.2) is 51.2 Å². The maximum atomic E-state index is 12.5. The number of halogens is 1. The average molecular weight is 381 g/mol. The van der Waals surface area contributed by atoms with Crippen LogP contribution in [0.25, 0.3) is 10.6 Å². The molecule has 3 aromatic rings. The highest BCUT2D eigenvalue weighted by atomic mass is 35.5. The lowest BCUT2D eigenvalue weighted by Gasteiger charge is -2.05. The van der Waals surface area contributed by atoms with Crippen molar-refractivity contribution in [1.29, 1.82) is 0 Å². The van der Waals surface area contributed by atoms with Gasteiger partial charge in [-0.2, -0.15) is 0 Å². The van der Waals surface area contributed by atoms with Crippen molar-refractivity contribution < 1.29 is 12.8 Å². The number of rotatable bonds is 5. The van der Waals surface area contributed by atoms with Gasteiger partial charge in [-0.3, -0.25) is 4.72 Å². The van der Waals surface area contributed by atoms with Gasteiger partial charge in [-0.15, -0.1) is 11.3 Å². The number of sulfonamides is 1. The maximum Gasteiger partial charge on any atom is 0.271 e. The molecule has 0 bridgehead atoms. The van der Waals surface area contributed by atoms with E-state index in [2.05, 4.69) is 9.71 Å². The first-order valence-corrected chi connectivity index (χ1v) is 10.0. The Hall–Kier alpha value is -1.83. The molecule has 24 heavy (non-hydrogen) atoms. The Bertz CT molecular complexity index is 973. The molecule has 2 heterocycles. The van der Waals surface area contributed by atoms with E-state index in [0.29, 0.717) is 22.4 Å². The van der Waals surface area contributed by atoms with E-state index in [9.17, 15) is 8.42 Å². The second kappa shape index (κ2) is 5.91. The highest BCUT2D eigenvalue weighted by Gasteiger charge is 2.29. The van der Waals surface area contributed by atoms with Crippen LogP contribution in [0.1, 0.15) is 24.7 Å². The van der Waals surface area contributed by atoms with Gasteiger partial charge in [0.05, 0.1) is 11.1 Å². The first-order valence-electron chi connectivity index (χ1n) is 7.35. The third kappa shape index (κ3) is 3.19. The molecule has 0 atom stereocenters. The number of oxazole rings is 1. The van der Waals surface area contributed by atoms with Crippen molar-refractivity contribution in [2.75, 3.05) is 4.72 Å². The Balaban J connectivity index is 1.57. The van der Waals surface area contributed by atoms with Crippen molar-refractivity contribution in [1.82, 2.24) is 4.98 Å². The van der Waals surface area contributed by atoms with E-state index >= 15 is 0 Å². The Kier molecular flexibility index (Phi) is 3.86. The number of anilines is 1. The first kappa shape index (κ1) is 15.7. The molecule has 0 spiro atoms. The molecule has 1 aromatic carbocycles. The first-order chi connectivity index (χ1) is 11.5. The molecule has 1 N–H and O–H groups in total. The summed E-state index contributed by atoms with van der Waals surface area (Å²) in [5.74, 6) is 1.77. The van der Waals surface area contributed by atoms with Gasteiger partial charge in [0.15, 0.2) is 11.7 Å². The van der Waals surface area contributed by atoms with Gasteiger partial charge < -0.3 is 4.42 Å². The largest absolute Gasteiger partial charge is 0.440 e. The third-order valence-electron chi connectivity index (χ3n) is 3.64. The predicted octanol–water partition coefficient (Wildman–Crippen LogP) is 4.73. The smallest absolute Gasteiger partial charge is 0.271 e. The van der Waals surface area contributed by atoms with Crippen LogP contribution >= 0.6 is 22.9 Å². The summed E-state index contributed by atoms with van der Waals surface area (Å²) in [7, 11) is -3.65. The van der Waals surface area contributed by atoms with Gasteiger partial charge in [-0.1, -0.05) is 11.6 Å². The van der Waals surface area contributed by atoms with Crippen LogP contribution in [0.2, 0.25) is 5.02 Å². The molecular weight excluding hydrogens is 368 g/mol. The summed E-state index contributed by atoms with van der Waals surface area (Å²) < 4.78 is 33.4. The van der Waals surface area contributed by atoms with Gasteiger partial charge in [0.2, 0.25) is 0 Å². The number of aromatic nitrogens is 1. The highest BCUT2D eigenvalue weighted by molar-refractivity contribution is 7.94. The second-order valence-electron chi connectivity index (χ2n) is 5.57. The molecule has 0 radical (unpaired) electrons. The summed E-state index contributed by atoms with van der Waals surface area (Å²) in [6.07, 6.45) is 3.87. The Morgan fingerprint density at radius 2 is 1.92 bits per heavy atom. The number of nitrogens with one attached hydrogen (secondary N) is 1. The van der Waals surface area contributed by atoms with Gasteiger partial charge in [-0.25, -0.2) is 13.4 Å². The molecule has 0 unspecified atom stereocenters. The van der Waals surface area contributed by atoms with Crippen molar-refractivity contribution in [2.45, 2.75) is 23.0 Å². The molecule has 5 nitrogen and oxygen atoms in total. The molecule has 1 fully saturated rings. The number of benzene rings is 1. The molecule has 0 saturated heterocycles. The summed E-state index contributed by atoms with van der Waals surface area (Å²) in [5, 5.41) is 0.549. The standard InChI is InChI=1S/C16H13ClN2O3S2/c17-11-3-5-12(6-4-11)19-24(20,21)15-8-7-14(23-15)13-9-18-16(22-13)10-1-2-10/h3-10,19H,1-2H2. The molecule has 1 aliphatic carbocycles. The van der Waals surface area contributed by atoms with Crippen LogP contribution in [0.3, 0.4) is 0 Å². The minimum Gasteiger partial charge on any atom is -0.440 e. The molecule has 1 saturated carbocycles. The summed E-state index contributed by atoms with van der Waals surface area (Å²) in [6.45, 7) is 0. The van der Waals surface area contributed by atoms with Gasteiger partial charge in [-0.05, 0) is 49.2 Å². The van der Waals surface area contributed by atoms with Crippen molar-refractivity contribution in [3.8, 4) is 10.6 Å². The lowest BCUT2D eigenvalue weighted by molar-refractivity contribution is 0.510. The Morgan fingerprint density at radius 3 is 2.62 bits per heavy atom. The van der Waals surface area contributed by atoms with E-state index in [0.717, 1.165) is 34.9 Å².